The molecule has 0 spiro atoms. The molecule has 0 saturated heterocycles. The fourth-order valence-corrected chi connectivity index (χ4v) is 4.54. The third-order valence-corrected chi connectivity index (χ3v) is 6.78. The van der Waals surface area contributed by atoms with Gasteiger partial charge in [0.05, 0.1) is 16.2 Å². The van der Waals surface area contributed by atoms with Gasteiger partial charge in [-0.1, -0.05) is 104 Å². The molecule has 164 valence electrons. The number of unbranched alkanes of at least 4 members (excludes halogenated alkanes) is 11. The third-order valence-electron chi connectivity index (χ3n) is 5.49. The van der Waals surface area contributed by atoms with Crippen LogP contribution in [0.15, 0.2) is 0 Å². The van der Waals surface area contributed by atoms with Gasteiger partial charge in [-0.2, -0.15) is 0 Å². The van der Waals surface area contributed by atoms with Gasteiger partial charge in [0.25, 0.3) is 0 Å². The van der Waals surface area contributed by atoms with Gasteiger partial charge in [-0.3, -0.25) is 0 Å². The summed E-state index contributed by atoms with van der Waals surface area (Å²) in [4.78, 5) is 0. The Morgan fingerprint density at radius 2 is 1.00 bits per heavy atom. The number of hydrogen-bond donors (Lipinski definition) is 1. The van der Waals surface area contributed by atoms with Gasteiger partial charge >= 0.3 is 51.4 Å². The van der Waals surface area contributed by atoms with Crippen molar-refractivity contribution in [3.05, 3.63) is 0 Å². The molecule has 0 radical (unpaired) electrons. The molecule has 28 heavy (non-hydrogen) atoms. The minimum absolute atomic E-state index is 0. The maximum absolute atomic E-state index is 11.4. The van der Waals surface area contributed by atoms with Crippen LogP contribution in [0.5, 0.6) is 0 Å². The van der Waals surface area contributed by atoms with Crippen LogP contribution >= 0.6 is 0 Å². The van der Waals surface area contributed by atoms with Crippen LogP contribution in [-0.4, -0.2) is 29.4 Å². The average molecular weight is 445 g/mol. The topological polar surface area (TPSA) is 77.4 Å². The van der Waals surface area contributed by atoms with Crippen LogP contribution in [0, 0.1) is 0 Å². The number of hydrogen-bond acceptors (Lipinski definition) is 4. The van der Waals surface area contributed by atoms with Crippen molar-refractivity contribution in [3.8, 4) is 0 Å². The molecule has 0 heterocycles. The molecule has 6 heteroatoms. The molecule has 2 atom stereocenters. The number of aliphatic hydroxyl groups excluding tert-OH is 1. The van der Waals surface area contributed by atoms with E-state index in [0.717, 1.165) is 77.0 Å². The average Bonchev–Trinajstić information content (AvgIpc) is 2.62. The Kier molecular flexibility index (Phi) is 24.6. The second-order valence-corrected chi connectivity index (χ2v) is 9.82. The second-order valence-electron chi connectivity index (χ2n) is 8.17. The van der Waals surface area contributed by atoms with Gasteiger partial charge in [0.2, 0.25) is 0 Å². The van der Waals surface area contributed by atoms with E-state index in [2.05, 4.69) is 13.8 Å². The summed E-state index contributed by atoms with van der Waals surface area (Å²) in [5.41, 5.74) is 0. The van der Waals surface area contributed by atoms with E-state index in [0.29, 0.717) is 12.8 Å². The van der Waals surface area contributed by atoms with Crippen LogP contribution in [0.3, 0.4) is 0 Å². The van der Waals surface area contributed by atoms with Crippen molar-refractivity contribution in [1.82, 2.24) is 0 Å². The van der Waals surface area contributed by atoms with E-state index in [-0.39, 0.29) is 57.5 Å². The molecule has 0 aliphatic carbocycles. The summed E-state index contributed by atoms with van der Waals surface area (Å²) in [7, 11) is -4.14. The summed E-state index contributed by atoms with van der Waals surface area (Å²) in [6.45, 7) is 4.28. The van der Waals surface area contributed by atoms with Crippen molar-refractivity contribution in [2.75, 3.05) is 0 Å². The van der Waals surface area contributed by atoms with E-state index in [1.165, 1.54) is 25.7 Å². The van der Waals surface area contributed by atoms with E-state index in [4.69, 9.17) is 0 Å². The van der Waals surface area contributed by atoms with Gasteiger partial charge in [0.15, 0.2) is 0 Å². The molecule has 2 unspecified atom stereocenters. The van der Waals surface area contributed by atoms with Gasteiger partial charge in [-0.25, -0.2) is 8.42 Å². The van der Waals surface area contributed by atoms with Gasteiger partial charge < -0.3 is 9.66 Å². The van der Waals surface area contributed by atoms with Crippen molar-refractivity contribution in [2.45, 2.75) is 141 Å². The zero-order valence-corrected chi connectivity index (χ0v) is 22.9. The minimum Gasteiger partial charge on any atom is -0.748 e. The van der Waals surface area contributed by atoms with Crippen molar-refractivity contribution in [2.24, 2.45) is 0 Å². The van der Waals surface area contributed by atoms with Crippen LogP contribution < -0.4 is 51.4 Å². The summed E-state index contributed by atoms with van der Waals surface area (Å²) in [6, 6.07) is 0. The molecule has 0 amide bonds. The molecule has 0 aromatic carbocycles. The maximum Gasteiger partial charge on any atom is 1.00 e. The summed E-state index contributed by atoms with van der Waals surface area (Å²) in [5.74, 6) is 0. The van der Waals surface area contributed by atoms with Crippen LogP contribution in [0.25, 0.3) is 0 Å². The van der Waals surface area contributed by atoms with Gasteiger partial charge in [-0.15, -0.1) is 0 Å². The van der Waals surface area contributed by atoms with Crippen molar-refractivity contribution >= 4 is 10.1 Å². The Morgan fingerprint density at radius 1 is 0.643 bits per heavy atom. The summed E-state index contributed by atoms with van der Waals surface area (Å²) in [6.07, 6.45) is 18.1. The van der Waals surface area contributed by atoms with Crippen molar-refractivity contribution in [3.63, 3.8) is 0 Å². The summed E-state index contributed by atoms with van der Waals surface area (Å²) < 4.78 is 34.2. The molecule has 0 aliphatic rings. The second kappa shape index (κ2) is 21.7. The maximum atomic E-state index is 11.4. The van der Waals surface area contributed by atoms with E-state index < -0.39 is 15.4 Å². The predicted molar refractivity (Wildman–Crippen MR) is 114 cm³/mol. The van der Waals surface area contributed by atoms with Crippen molar-refractivity contribution < 1.29 is 69.5 Å². The summed E-state index contributed by atoms with van der Waals surface area (Å²) in [5, 5.41) is 9.13. The first kappa shape index (κ1) is 31.7. The van der Waals surface area contributed by atoms with E-state index in [9.17, 15) is 18.1 Å². The van der Waals surface area contributed by atoms with Crippen LogP contribution in [0.2, 0.25) is 0 Å². The molecule has 0 rings (SSSR count). The third kappa shape index (κ3) is 20.8. The summed E-state index contributed by atoms with van der Waals surface area (Å²) >= 11 is 0. The Bertz CT molecular complexity index is 415. The molecule has 0 aromatic rings. The Hall–Kier alpha value is 1.51. The first-order valence-corrected chi connectivity index (χ1v) is 13.0. The molecule has 1 N–H and O–H groups in total. The quantitative estimate of drug-likeness (QED) is 0.177. The molecule has 0 fully saturated rings. The zero-order chi connectivity index (χ0) is 20.4. The molecular formula is C22H45KO4S. The van der Waals surface area contributed by atoms with E-state index in [1.54, 1.807) is 0 Å². The largest absolute Gasteiger partial charge is 1.00 e. The Labute approximate surface area is 218 Å². The zero-order valence-electron chi connectivity index (χ0n) is 19.0. The molecule has 0 saturated carbocycles. The fourth-order valence-electron chi connectivity index (χ4n) is 3.63. The standard InChI is InChI=1S/C22H46O4S.K/c1-3-5-7-15-19-22(27(24,25)26)20-16-13-11-9-8-10-12-14-18-21(23)17-6-4-2;/h21-23H,3-20H2,1-2H3,(H,24,25,26);/q;+1/p-1. The molecular weight excluding hydrogens is 399 g/mol. The molecule has 4 nitrogen and oxygen atoms in total. The molecule has 0 bridgehead atoms. The van der Waals surface area contributed by atoms with Crippen LogP contribution in [0.1, 0.15) is 129 Å². The molecule has 0 aromatic heterocycles. The van der Waals surface area contributed by atoms with Gasteiger partial charge in [0, 0.05) is 5.25 Å². The first-order valence-electron chi connectivity index (χ1n) is 11.5. The molecule has 0 aliphatic heterocycles. The minimum atomic E-state index is -4.14. The fraction of sp³-hybridized carbons (Fsp3) is 1.00. The van der Waals surface area contributed by atoms with Gasteiger partial charge in [0.1, 0.15) is 0 Å². The number of rotatable bonds is 20. The smallest absolute Gasteiger partial charge is 0.748 e. The Morgan fingerprint density at radius 3 is 1.43 bits per heavy atom. The van der Waals surface area contributed by atoms with E-state index in [1.807, 2.05) is 0 Å². The monoisotopic (exact) mass is 444 g/mol. The SMILES string of the molecule is CCCCCCC(CCCCCCCCCCC(O)CCCC)S(=O)(=O)[O-].[K+]. The van der Waals surface area contributed by atoms with E-state index >= 15 is 0 Å². The number of aliphatic hydroxyl groups is 1. The van der Waals surface area contributed by atoms with Crippen LogP contribution in [-0.2, 0) is 10.1 Å². The van der Waals surface area contributed by atoms with Gasteiger partial charge in [-0.05, 0) is 25.7 Å². The Balaban J connectivity index is 0. The van der Waals surface area contributed by atoms with Crippen molar-refractivity contribution in [1.29, 1.82) is 0 Å². The first-order chi connectivity index (χ1) is 12.9. The predicted octanol–water partition coefficient (Wildman–Crippen LogP) is 3.33. The van der Waals surface area contributed by atoms with Crippen LogP contribution in [0.4, 0.5) is 0 Å². The normalized spacial score (nSPS) is 13.9.